The minimum atomic E-state index is -0.122. The highest BCUT2D eigenvalue weighted by Crippen LogP contribution is 2.23. The average Bonchev–Trinajstić information content (AvgIpc) is 2.69. The highest BCUT2D eigenvalue weighted by Gasteiger charge is 2.15. The van der Waals surface area contributed by atoms with Crippen LogP contribution in [0.15, 0.2) is 18.3 Å². The molecule has 0 bridgehead atoms. The fraction of sp³-hybridized carbons (Fsp3) is 0.0909. The van der Waals surface area contributed by atoms with Crippen LogP contribution in [0, 0.1) is 17.6 Å². The number of halogens is 3. The molecule has 0 unspecified atom stereocenters. The number of aromatic amines is 1. The number of nitrogens with zero attached hydrogens (tertiary/aromatic N) is 1. The lowest BCUT2D eigenvalue weighted by Crippen LogP contribution is -2.15. The van der Waals surface area contributed by atoms with Crippen LogP contribution in [-0.4, -0.2) is 16.1 Å². The van der Waals surface area contributed by atoms with Crippen LogP contribution in [0.1, 0.15) is 15.9 Å². The fourth-order valence-corrected chi connectivity index (χ4v) is 3.78. The molecule has 1 aromatic heterocycles. The zero-order chi connectivity index (χ0) is 13.3. The standard InChI is InChI=1S/C11H8I3N3O/c1-5-4-15-17-10(5)16-11(18)7-2-6(12)3-8(13)9(7)14/h2-4H,1H3,(H2,15,16,17,18). The molecule has 18 heavy (non-hydrogen) atoms. The molecule has 0 spiro atoms. The van der Waals surface area contributed by atoms with Crippen LogP contribution in [-0.2, 0) is 0 Å². The molecule has 0 fully saturated rings. The first-order valence-electron chi connectivity index (χ1n) is 4.95. The van der Waals surface area contributed by atoms with E-state index in [-0.39, 0.29) is 5.91 Å². The van der Waals surface area contributed by atoms with E-state index in [4.69, 9.17) is 0 Å². The molecule has 0 radical (unpaired) electrons. The van der Waals surface area contributed by atoms with Crippen LogP contribution in [0.3, 0.4) is 0 Å². The number of anilines is 1. The lowest BCUT2D eigenvalue weighted by Gasteiger charge is -2.08. The Bertz CT molecular complexity index is 610. The first-order chi connectivity index (χ1) is 8.49. The highest BCUT2D eigenvalue weighted by molar-refractivity contribution is 14.1. The number of amides is 1. The molecule has 1 aromatic carbocycles. The first-order valence-corrected chi connectivity index (χ1v) is 8.18. The number of carbonyl (C=O) groups excluding carboxylic acids is 1. The second-order valence-corrected chi connectivity index (χ2v) is 7.12. The Morgan fingerprint density at radius 1 is 1.33 bits per heavy atom. The summed E-state index contributed by atoms with van der Waals surface area (Å²) in [4.78, 5) is 12.2. The van der Waals surface area contributed by atoms with Crippen molar-refractivity contribution in [1.29, 1.82) is 0 Å². The second kappa shape index (κ2) is 6.03. The number of rotatable bonds is 2. The van der Waals surface area contributed by atoms with Crippen LogP contribution in [0.2, 0.25) is 0 Å². The molecular formula is C11H8I3N3O. The van der Waals surface area contributed by atoms with Gasteiger partial charge in [0.15, 0.2) is 0 Å². The van der Waals surface area contributed by atoms with Gasteiger partial charge in [0.1, 0.15) is 5.82 Å². The normalized spacial score (nSPS) is 10.4. The molecule has 2 N–H and O–H groups in total. The van der Waals surface area contributed by atoms with E-state index in [2.05, 4.69) is 83.3 Å². The van der Waals surface area contributed by atoms with E-state index in [9.17, 15) is 4.79 Å². The zero-order valence-corrected chi connectivity index (χ0v) is 15.7. The fourth-order valence-electron chi connectivity index (χ4n) is 1.37. The number of carbonyl (C=O) groups is 1. The lowest BCUT2D eigenvalue weighted by atomic mass is 10.2. The third-order valence-electron chi connectivity index (χ3n) is 2.31. The van der Waals surface area contributed by atoms with Gasteiger partial charge in [-0.05, 0) is 86.8 Å². The topological polar surface area (TPSA) is 57.8 Å². The van der Waals surface area contributed by atoms with Gasteiger partial charge in [-0.3, -0.25) is 9.89 Å². The molecule has 0 aliphatic carbocycles. The SMILES string of the molecule is Cc1cn[nH]c1NC(=O)c1cc(I)cc(I)c1I. The second-order valence-electron chi connectivity index (χ2n) is 3.63. The number of aromatic nitrogens is 2. The minimum absolute atomic E-state index is 0.122. The molecule has 1 heterocycles. The van der Waals surface area contributed by atoms with Crippen molar-refractivity contribution in [2.24, 2.45) is 0 Å². The van der Waals surface area contributed by atoms with Gasteiger partial charge >= 0.3 is 0 Å². The van der Waals surface area contributed by atoms with Crippen molar-refractivity contribution >= 4 is 79.5 Å². The van der Waals surface area contributed by atoms with E-state index >= 15 is 0 Å². The third-order valence-corrected chi connectivity index (χ3v) is 5.97. The molecule has 1 amide bonds. The Kier molecular flexibility index (Phi) is 4.86. The number of H-pyrrole nitrogens is 1. The molecule has 0 aliphatic heterocycles. The smallest absolute Gasteiger partial charge is 0.257 e. The van der Waals surface area contributed by atoms with Crippen LogP contribution in [0.5, 0.6) is 0 Å². The zero-order valence-electron chi connectivity index (χ0n) is 9.22. The van der Waals surface area contributed by atoms with Crippen molar-refractivity contribution in [3.63, 3.8) is 0 Å². The molecule has 0 saturated heterocycles. The monoisotopic (exact) mass is 579 g/mol. The van der Waals surface area contributed by atoms with Crippen molar-refractivity contribution in [3.05, 3.63) is 40.2 Å². The van der Waals surface area contributed by atoms with Crippen LogP contribution < -0.4 is 5.32 Å². The largest absolute Gasteiger partial charge is 0.307 e. The minimum Gasteiger partial charge on any atom is -0.307 e. The summed E-state index contributed by atoms with van der Waals surface area (Å²) < 4.78 is 3.08. The van der Waals surface area contributed by atoms with Gasteiger partial charge < -0.3 is 5.32 Å². The summed E-state index contributed by atoms with van der Waals surface area (Å²) in [6.45, 7) is 1.89. The Morgan fingerprint density at radius 3 is 2.67 bits per heavy atom. The van der Waals surface area contributed by atoms with Gasteiger partial charge in [-0.25, -0.2) is 0 Å². The van der Waals surface area contributed by atoms with Crippen LogP contribution >= 0.6 is 67.8 Å². The van der Waals surface area contributed by atoms with Crippen molar-refractivity contribution in [2.45, 2.75) is 6.92 Å². The van der Waals surface area contributed by atoms with Crippen LogP contribution in [0.4, 0.5) is 5.82 Å². The maximum atomic E-state index is 12.2. The van der Waals surface area contributed by atoms with E-state index in [1.165, 1.54) is 0 Å². The predicted molar refractivity (Wildman–Crippen MR) is 95.9 cm³/mol. The molecular weight excluding hydrogens is 571 g/mol. The highest BCUT2D eigenvalue weighted by atomic mass is 127. The van der Waals surface area contributed by atoms with Crippen molar-refractivity contribution in [3.8, 4) is 0 Å². The number of nitrogens with one attached hydrogen (secondary N) is 2. The van der Waals surface area contributed by atoms with Gasteiger partial charge in [-0.2, -0.15) is 5.10 Å². The summed E-state index contributed by atoms with van der Waals surface area (Å²) in [6, 6.07) is 3.92. The quantitative estimate of drug-likeness (QED) is 0.421. The summed E-state index contributed by atoms with van der Waals surface area (Å²) >= 11 is 6.63. The van der Waals surface area contributed by atoms with Gasteiger partial charge in [0.2, 0.25) is 0 Å². The Morgan fingerprint density at radius 2 is 2.06 bits per heavy atom. The van der Waals surface area contributed by atoms with Gasteiger partial charge in [-0.1, -0.05) is 0 Å². The summed E-state index contributed by atoms with van der Waals surface area (Å²) in [6.07, 6.45) is 1.68. The van der Waals surface area contributed by atoms with Crippen LogP contribution in [0.25, 0.3) is 0 Å². The molecule has 2 rings (SSSR count). The molecule has 2 aromatic rings. The number of aryl methyl sites for hydroxylation is 1. The average molecular weight is 579 g/mol. The molecule has 0 saturated carbocycles. The van der Waals surface area contributed by atoms with E-state index in [0.29, 0.717) is 11.4 Å². The lowest BCUT2D eigenvalue weighted by molar-refractivity contribution is 0.102. The van der Waals surface area contributed by atoms with Crippen molar-refractivity contribution < 1.29 is 4.79 Å². The molecule has 4 nitrogen and oxygen atoms in total. The predicted octanol–water partition coefficient (Wildman–Crippen LogP) is 3.78. The summed E-state index contributed by atoms with van der Waals surface area (Å²) in [5.41, 5.74) is 1.60. The number of hydrogen-bond acceptors (Lipinski definition) is 2. The Labute approximate surface area is 145 Å². The maximum Gasteiger partial charge on any atom is 0.257 e. The first kappa shape index (κ1) is 14.5. The molecule has 94 valence electrons. The van der Waals surface area contributed by atoms with E-state index in [0.717, 1.165) is 16.3 Å². The molecule has 0 atom stereocenters. The van der Waals surface area contributed by atoms with Gasteiger partial charge in [-0.15, -0.1) is 0 Å². The van der Waals surface area contributed by atoms with Gasteiger partial charge in [0.05, 0.1) is 11.8 Å². The number of benzene rings is 1. The van der Waals surface area contributed by atoms with Crippen molar-refractivity contribution in [1.82, 2.24) is 10.2 Å². The molecule has 7 heteroatoms. The van der Waals surface area contributed by atoms with Gasteiger partial charge in [0, 0.05) is 16.3 Å². The summed E-state index contributed by atoms with van der Waals surface area (Å²) in [5, 5.41) is 9.48. The Balaban J connectivity index is 2.32. The van der Waals surface area contributed by atoms with E-state index in [1.807, 2.05) is 19.1 Å². The number of hydrogen-bond donors (Lipinski definition) is 2. The van der Waals surface area contributed by atoms with Gasteiger partial charge in [0.25, 0.3) is 5.91 Å². The molecule has 0 aliphatic rings. The van der Waals surface area contributed by atoms with Crippen molar-refractivity contribution in [2.75, 3.05) is 5.32 Å². The summed E-state index contributed by atoms with van der Waals surface area (Å²) in [5.74, 6) is 0.521. The van der Waals surface area contributed by atoms with E-state index in [1.54, 1.807) is 6.20 Å². The third kappa shape index (κ3) is 3.15. The summed E-state index contributed by atoms with van der Waals surface area (Å²) in [7, 11) is 0. The Hall–Kier alpha value is 0.0900. The van der Waals surface area contributed by atoms with E-state index < -0.39 is 0 Å². The maximum absolute atomic E-state index is 12.2.